The number of benzene rings is 4. The van der Waals surface area contributed by atoms with Crippen LogP contribution in [0.5, 0.6) is 11.5 Å². The number of aliphatic hydroxyl groups is 2. The van der Waals surface area contributed by atoms with Gasteiger partial charge in [0, 0.05) is 42.6 Å². The molecule has 6 unspecified atom stereocenters. The predicted octanol–water partition coefficient (Wildman–Crippen LogP) is 9.57. The van der Waals surface area contributed by atoms with Gasteiger partial charge < -0.3 is 34.6 Å². The van der Waals surface area contributed by atoms with Gasteiger partial charge in [0.1, 0.15) is 18.1 Å². The maximum Gasteiger partial charge on any atom is 0.412 e. The summed E-state index contributed by atoms with van der Waals surface area (Å²) >= 11 is 1.73. The molecule has 0 aromatic heterocycles. The molecule has 1 saturated carbocycles. The first-order valence-corrected chi connectivity index (χ1v) is 21.2. The highest BCUT2D eigenvalue weighted by Gasteiger charge is 2.64. The minimum Gasteiger partial charge on any atom is -0.460 e. The Labute approximate surface area is 340 Å². The first kappa shape index (κ1) is 40.6. The summed E-state index contributed by atoms with van der Waals surface area (Å²) < 4.78 is 20.3. The number of nitrogens with one attached hydrogen (secondary N) is 1. The Balaban J connectivity index is 1.35. The first-order valence-electron chi connectivity index (χ1n) is 20.3. The Morgan fingerprint density at radius 2 is 1.74 bits per heavy atom. The van der Waals surface area contributed by atoms with E-state index >= 15 is 0 Å². The van der Waals surface area contributed by atoms with Gasteiger partial charge >= 0.3 is 6.09 Å². The summed E-state index contributed by atoms with van der Waals surface area (Å²) in [7, 11) is 0. The number of carbonyl (C=O) groups excluding carboxylic acids is 1. The van der Waals surface area contributed by atoms with Gasteiger partial charge in [-0.1, -0.05) is 90.8 Å². The number of amides is 1. The maximum absolute atomic E-state index is 13.2. The van der Waals surface area contributed by atoms with Crippen molar-refractivity contribution in [2.75, 3.05) is 26.4 Å². The largest absolute Gasteiger partial charge is 0.460 e. The summed E-state index contributed by atoms with van der Waals surface area (Å²) in [6, 6.07) is 30.3. The molecule has 4 aromatic rings. The zero-order valence-corrected chi connectivity index (χ0v) is 33.5. The Kier molecular flexibility index (Phi) is 13.7. The number of ether oxygens (including phenoxy) is 3. The molecule has 1 aliphatic heterocycles. The Bertz CT molecular complexity index is 2050. The first-order chi connectivity index (χ1) is 28.0. The van der Waals surface area contributed by atoms with Crippen molar-refractivity contribution in [3.05, 3.63) is 126 Å². The normalized spacial score (nSPS) is 24.2. The average molecular weight is 791 g/mol. The molecule has 0 spiro atoms. The van der Waals surface area contributed by atoms with E-state index in [0.717, 1.165) is 58.4 Å². The number of nitrogens with zero attached hydrogens (tertiary/aromatic N) is 1. The summed E-state index contributed by atoms with van der Waals surface area (Å²) in [5.74, 6) is -0.173. The number of carbonyl (C=O) groups is 1. The fourth-order valence-corrected chi connectivity index (χ4v) is 10.3. The van der Waals surface area contributed by atoms with Gasteiger partial charge in [0.05, 0.1) is 23.5 Å². The lowest BCUT2D eigenvalue weighted by Crippen LogP contribution is -2.64. The van der Waals surface area contributed by atoms with Crippen LogP contribution in [0.1, 0.15) is 68.9 Å². The summed E-state index contributed by atoms with van der Waals surface area (Å²) in [6.45, 7) is 7.29. The van der Waals surface area contributed by atoms with E-state index in [2.05, 4.69) is 60.4 Å². The molecule has 1 amide bonds. The van der Waals surface area contributed by atoms with Gasteiger partial charge in [0.15, 0.2) is 0 Å². The molecule has 7 rings (SSSR count). The number of aliphatic hydroxyl groups excluding tert-OH is 2. The van der Waals surface area contributed by atoms with E-state index in [1.54, 1.807) is 23.9 Å². The lowest BCUT2D eigenvalue weighted by atomic mass is 9.56. The maximum atomic E-state index is 13.2. The van der Waals surface area contributed by atoms with Crippen LogP contribution in [-0.4, -0.2) is 59.5 Å². The van der Waals surface area contributed by atoms with Gasteiger partial charge in [-0.15, -0.1) is 18.3 Å². The van der Waals surface area contributed by atoms with E-state index < -0.39 is 11.9 Å². The van der Waals surface area contributed by atoms with Crippen LogP contribution in [0, 0.1) is 17.8 Å². The molecule has 6 atom stereocenters. The van der Waals surface area contributed by atoms with Crippen LogP contribution in [0.2, 0.25) is 0 Å². The number of hydrogen-bond donors (Lipinski definition) is 3. The van der Waals surface area contributed by atoms with Crippen molar-refractivity contribution in [1.29, 1.82) is 0 Å². The number of thioether (sulfide) groups is 1. The highest BCUT2D eigenvalue weighted by Crippen LogP contribution is 2.63. The smallest absolute Gasteiger partial charge is 0.412 e. The molecule has 1 heterocycles. The third-order valence-corrected chi connectivity index (χ3v) is 12.7. The molecule has 0 saturated heterocycles. The second-order valence-corrected chi connectivity index (χ2v) is 16.3. The molecule has 57 heavy (non-hydrogen) atoms. The van der Waals surface area contributed by atoms with Crippen LogP contribution in [0.3, 0.4) is 0 Å². The topological polar surface area (TPSA) is 119 Å². The molecule has 4 aromatic carbocycles. The van der Waals surface area contributed by atoms with Gasteiger partial charge in [-0.2, -0.15) is 0 Å². The summed E-state index contributed by atoms with van der Waals surface area (Å²) in [6.07, 6.45) is 9.00. The summed E-state index contributed by atoms with van der Waals surface area (Å²) in [5, 5.41) is 29.5. The van der Waals surface area contributed by atoms with Crippen molar-refractivity contribution in [2.45, 2.75) is 80.3 Å². The van der Waals surface area contributed by atoms with E-state index in [4.69, 9.17) is 24.2 Å². The molecule has 0 bridgehead atoms. The fraction of sp³-hybridized carbons (Fsp3) is 0.404. The molecule has 3 N–H and O–H groups in total. The molecular formula is C47H54N2O7S. The summed E-state index contributed by atoms with van der Waals surface area (Å²) in [5.41, 5.74) is 3.85. The minimum atomic E-state index is -1.13. The van der Waals surface area contributed by atoms with Crippen molar-refractivity contribution in [3.8, 4) is 11.5 Å². The van der Waals surface area contributed by atoms with E-state index in [0.29, 0.717) is 43.9 Å². The molecule has 0 radical (unpaired) electrons. The highest BCUT2D eigenvalue weighted by molar-refractivity contribution is 8.00. The van der Waals surface area contributed by atoms with Crippen LogP contribution < -0.4 is 14.8 Å². The molecule has 1 fully saturated rings. The van der Waals surface area contributed by atoms with Gasteiger partial charge in [-0.25, -0.2) is 4.79 Å². The molecular weight excluding hydrogens is 737 g/mol. The van der Waals surface area contributed by atoms with Gasteiger partial charge in [-0.05, 0) is 96.7 Å². The third kappa shape index (κ3) is 9.10. The number of allylic oxidation sites excluding steroid dienone is 1. The molecule has 3 aliphatic rings. The highest BCUT2D eigenvalue weighted by atomic mass is 32.2. The average Bonchev–Trinajstić information content (AvgIpc) is 3.23. The SMILES string of the molecule is C=CCOC12Oc3ccc(OC(=O)NCc4ccccc4)cc3C3C(CCCCO)C(CCCCO)C=C(C(=NOCC)CC1Sc1ccc4ccccc4c1)C32. The van der Waals surface area contributed by atoms with Crippen molar-refractivity contribution >= 4 is 34.3 Å². The quantitative estimate of drug-likeness (QED) is 0.0518. The molecule has 10 heteroatoms. The fourth-order valence-electron chi connectivity index (χ4n) is 8.95. The van der Waals surface area contributed by atoms with Gasteiger partial charge in [-0.3, -0.25) is 0 Å². The molecule has 300 valence electrons. The number of fused-ring (bicyclic) bond motifs is 3. The van der Waals surface area contributed by atoms with Crippen LogP contribution in [0.25, 0.3) is 10.8 Å². The van der Waals surface area contributed by atoms with Crippen LogP contribution in [0.4, 0.5) is 4.79 Å². The minimum absolute atomic E-state index is 0.120. The lowest BCUT2D eigenvalue weighted by Gasteiger charge is -2.58. The standard InChI is InChI=1S/C47H54N2O7S/c1-3-26-53-47-43(57-37-22-20-33-16-8-9-17-34(33)27-37)30-41(49-54-4-2)39-28-35(18-10-12-24-50)38(19-11-13-25-51)44(45(39)47)40-29-36(21-23-42(40)56-47)55-46(52)48-31-32-14-6-5-7-15-32/h3,5-9,14-17,20-23,27-29,35,38,43-45,50-51H,1,4,10-13,18-19,24-26,30-31H2,2H3,(H,48,52). The Morgan fingerprint density at radius 1 is 0.965 bits per heavy atom. The number of hydrogen-bond acceptors (Lipinski definition) is 9. The Hall–Kier alpha value is -4.61. The van der Waals surface area contributed by atoms with Gasteiger partial charge in [0.25, 0.3) is 0 Å². The van der Waals surface area contributed by atoms with E-state index in [9.17, 15) is 15.0 Å². The lowest BCUT2D eigenvalue weighted by molar-refractivity contribution is -0.223. The molecule has 2 aliphatic carbocycles. The van der Waals surface area contributed by atoms with Gasteiger partial charge in [0.2, 0.25) is 5.79 Å². The third-order valence-electron chi connectivity index (χ3n) is 11.4. The second-order valence-electron chi connectivity index (χ2n) is 15.0. The Morgan fingerprint density at radius 3 is 2.51 bits per heavy atom. The zero-order valence-electron chi connectivity index (χ0n) is 32.7. The van der Waals surface area contributed by atoms with Crippen LogP contribution >= 0.6 is 11.8 Å². The van der Waals surface area contributed by atoms with Crippen molar-refractivity contribution in [3.63, 3.8) is 0 Å². The van der Waals surface area contributed by atoms with E-state index in [-0.39, 0.29) is 48.7 Å². The monoisotopic (exact) mass is 790 g/mol. The predicted molar refractivity (Wildman–Crippen MR) is 226 cm³/mol. The number of rotatable bonds is 18. The summed E-state index contributed by atoms with van der Waals surface area (Å²) in [4.78, 5) is 20.1. The van der Waals surface area contributed by atoms with E-state index in [1.165, 1.54) is 5.39 Å². The van der Waals surface area contributed by atoms with Crippen LogP contribution in [0.15, 0.2) is 125 Å². The van der Waals surface area contributed by atoms with Crippen molar-refractivity contribution in [1.82, 2.24) is 5.32 Å². The zero-order chi connectivity index (χ0) is 39.6. The second kappa shape index (κ2) is 19.2. The number of oxime groups is 1. The van der Waals surface area contributed by atoms with E-state index in [1.807, 2.05) is 49.4 Å². The molecule has 9 nitrogen and oxygen atoms in total. The van der Waals surface area contributed by atoms with Crippen molar-refractivity contribution in [2.24, 2.45) is 22.9 Å². The van der Waals surface area contributed by atoms with Crippen molar-refractivity contribution < 1.29 is 34.1 Å². The van der Waals surface area contributed by atoms with Crippen LogP contribution in [-0.2, 0) is 16.1 Å². The number of unbranched alkanes of at least 4 members (excludes halogenated alkanes) is 2.